The molecule has 1 fully saturated rings. The molecule has 1 saturated heterocycles. The summed E-state index contributed by atoms with van der Waals surface area (Å²) in [5.74, 6) is 0.449. The molecule has 0 aromatic heterocycles. The van der Waals surface area contributed by atoms with Gasteiger partial charge in [0.05, 0.1) is 17.5 Å². The molecule has 0 bridgehead atoms. The van der Waals surface area contributed by atoms with E-state index in [0.29, 0.717) is 12.5 Å². The average Bonchev–Trinajstić information content (AvgIpc) is 2.86. The zero-order valence-corrected chi connectivity index (χ0v) is 13.4. The maximum atomic E-state index is 12.0. The Morgan fingerprint density at radius 1 is 1.33 bits per heavy atom. The van der Waals surface area contributed by atoms with Crippen LogP contribution in [0.25, 0.3) is 0 Å². The highest BCUT2D eigenvalue weighted by Gasteiger charge is 2.30. The predicted molar refractivity (Wildman–Crippen MR) is 83.9 cm³/mol. The van der Waals surface area contributed by atoms with Gasteiger partial charge in [0, 0.05) is 18.8 Å². The third-order valence-corrected chi connectivity index (χ3v) is 5.57. The molecule has 1 aliphatic rings. The van der Waals surface area contributed by atoms with Gasteiger partial charge in [-0.3, -0.25) is 0 Å². The summed E-state index contributed by atoms with van der Waals surface area (Å²) in [4.78, 5) is 2.44. The van der Waals surface area contributed by atoms with Crippen LogP contribution in [0, 0.1) is 5.92 Å². The van der Waals surface area contributed by atoms with Crippen LogP contribution in [-0.2, 0) is 10.0 Å². The Morgan fingerprint density at radius 3 is 2.57 bits per heavy atom. The number of hydrogen-bond donors (Lipinski definition) is 2. The molecule has 21 heavy (non-hydrogen) atoms. The van der Waals surface area contributed by atoms with E-state index in [1.165, 1.54) is 0 Å². The van der Waals surface area contributed by atoms with E-state index in [0.717, 1.165) is 25.1 Å². The van der Waals surface area contributed by atoms with Gasteiger partial charge in [0.2, 0.25) is 10.0 Å². The molecule has 0 spiro atoms. The van der Waals surface area contributed by atoms with Crippen LogP contribution < -0.4 is 9.62 Å². The SMILES string of the molecule is CCCNS(=O)(=O)c1ccc(N2CCC(C)C2CO)cc1. The molecule has 5 nitrogen and oxygen atoms in total. The van der Waals surface area contributed by atoms with Crippen LogP contribution in [-0.4, -0.2) is 39.3 Å². The predicted octanol–water partition coefficient (Wildman–Crippen LogP) is 1.58. The van der Waals surface area contributed by atoms with Crippen molar-refractivity contribution in [3.63, 3.8) is 0 Å². The topological polar surface area (TPSA) is 69.6 Å². The van der Waals surface area contributed by atoms with Crippen LogP contribution in [0.1, 0.15) is 26.7 Å². The fourth-order valence-corrected chi connectivity index (χ4v) is 3.88. The zero-order chi connectivity index (χ0) is 15.5. The van der Waals surface area contributed by atoms with Gasteiger partial charge in [-0.1, -0.05) is 13.8 Å². The van der Waals surface area contributed by atoms with Crippen LogP contribution in [0.2, 0.25) is 0 Å². The summed E-state index contributed by atoms with van der Waals surface area (Å²) in [7, 11) is -3.41. The second kappa shape index (κ2) is 6.77. The number of nitrogens with zero attached hydrogens (tertiary/aromatic N) is 1. The largest absolute Gasteiger partial charge is 0.394 e. The highest BCUT2D eigenvalue weighted by Crippen LogP contribution is 2.29. The van der Waals surface area contributed by atoms with E-state index >= 15 is 0 Å². The number of benzene rings is 1. The van der Waals surface area contributed by atoms with E-state index in [2.05, 4.69) is 16.5 Å². The maximum absolute atomic E-state index is 12.0. The van der Waals surface area contributed by atoms with E-state index < -0.39 is 10.0 Å². The summed E-state index contributed by atoms with van der Waals surface area (Å²) in [5, 5.41) is 9.50. The van der Waals surface area contributed by atoms with Crippen molar-refractivity contribution in [1.29, 1.82) is 0 Å². The smallest absolute Gasteiger partial charge is 0.240 e. The maximum Gasteiger partial charge on any atom is 0.240 e. The van der Waals surface area contributed by atoms with Gasteiger partial charge in [-0.05, 0) is 43.0 Å². The zero-order valence-electron chi connectivity index (χ0n) is 12.6. The minimum atomic E-state index is -3.41. The molecule has 0 aliphatic carbocycles. The minimum Gasteiger partial charge on any atom is -0.394 e. The lowest BCUT2D eigenvalue weighted by Gasteiger charge is -2.27. The normalized spacial score (nSPS) is 22.7. The molecule has 0 saturated carbocycles. The first-order valence-electron chi connectivity index (χ1n) is 7.47. The Bertz CT molecular complexity index is 557. The van der Waals surface area contributed by atoms with Gasteiger partial charge in [0.25, 0.3) is 0 Å². The van der Waals surface area contributed by atoms with Crippen LogP contribution in [0.3, 0.4) is 0 Å². The molecule has 0 amide bonds. The second-order valence-electron chi connectivity index (χ2n) is 5.60. The highest BCUT2D eigenvalue weighted by atomic mass is 32.2. The van der Waals surface area contributed by atoms with Gasteiger partial charge < -0.3 is 10.0 Å². The summed E-state index contributed by atoms with van der Waals surface area (Å²) < 4.78 is 26.6. The average molecular weight is 312 g/mol. The van der Waals surface area contributed by atoms with Crippen molar-refractivity contribution < 1.29 is 13.5 Å². The van der Waals surface area contributed by atoms with Crippen molar-refractivity contribution in [3.05, 3.63) is 24.3 Å². The fourth-order valence-electron chi connectivity index (χ4n) is 2.74. The highest BCUT2D eigenvalue weighted by molar-refractivity contribution is 7.89. The van der Waals surface area contributed by atoms with E-state index in [1.807, 2.05) is 19.1 Å². The third kappa shape index (κ3) is 3.56. The first-order chi connectivity index (χ1) is 9.99. The van der Waals surface area contributed by atoms with Crippen LogP contribution >= 0.6 is 0 Å². The molecule has 1 aliphatic heterocycles. The number of rotatable bonds is 6. The van der Waals surface area contributed by atoms with E-state index in [9.17, 15) is 13.5 Å². The van der Waals surface area contributed by atoms with Gasteiger partial charge in [0.1, 0.15) is 0 Å². The number of sulfonamides is 1. The van der Waals surface area contributed by atoms with Gasteiger partial charge in [0.15, 0.2) is 0 Å². The molecule has 1 aromatic carbocycles. The summed E-state index contributed by atoms with van der Waals surface area (Å²) >= 11 is 0. The molecule has 0 radical (unpaired) electrons. The number of anilines is 1. The number of nitrogens with one attached hydrogen (secondary N) is 1. The third-order valence-electron chi connectivity index (χ3n) is 4.09. The van der Waals surface area contributed by atoms with Gasteiger partial charge >= 0.3 is 0 Å². The molecule has 2 atom stereocenters. The number of aliphatic hydroxyl groups is 1. The molecule has 2 rings (SSSR count). The molecule has 2 unspecified atom stereocenters. The summed E-state index contributed by atoms with van der Waals surface area (Å²) in [5.41, 5.74) is 0.966. The van der Waals surface area contributed by atoms with Gasteiger partial charge in [-0.25, -0.2) is 13.1 Å². The molecule has 2 N–H and O–H groups in total. The Kier molecular flexibility index (Phi) is 5.24. The van der Waals surface area contributed by atoms with E-state index in [-0.39, 0.29) is 17.5 Å². The summed E-state index contributed by atoms with van der Waals surface area (Å²) in [6.45, 7) is 5.52. The quantitative estimate of drug-likeness (QED) is 0.837. The number of hydrogen-bond acceptors (Lipinski definition) is 4. The fraction of sp³-hybridized carbons (Fsp3) is 0.600. The summed E-state index contributed by atoms with van der Waals surface area (Å²) in [6.07, 6.45) is 1.81. The Labute approximate surface area is 127 Å². The van der Waals surface area contributed by atoms with Crippen molar-refractivity contribution in [1.82, 2.24) is 4.72 Å². The Hall–Kier alpha value is -1.11. The monoisotopic (exact) mass is 312 g/mol. The molecular formula is C15H24N2O3S. The second-order valence-corrected chi connectivity index (χ2v) is 7.37. The standard InChI is InChI=1S/C15H24N2O3S/c1-3-9-16-21(19,20)14-6-4-13(5-7-14)17-10-8-12(2)15(17)11-18/h4-7,12,15-16,18H,3,8-11H2,1-2H3. The first-order valence-corrected chi connectivity index (χ1v) is 8.95. The molecule has 6 heteroatoms. The van der Waals surface area contributed by atoms with Crippen LogP contribution in [0.4, 0.5) is 5.69 Å². The lowest BCUT2D eigenvalue weighted by Crippen LogP contribution is -2.35. The number of aliphatic hydroxyl groups excluding tert-OH is 1. The van der Waals surface area contributed by atoms with Crippen molar-refractivity contribution in [2.45, 2.75) is 37.6 Å². The lowest BCUT2D eigenvalue weighted by molar-refractivity contribution is 0.245. The Morgan fingerprint density at radius 2 is 2.00 bits per heavy atom. The van der Waals surface area contributed by atoms with Gasteiger partial charge in [-0.2, -0.15) is 0 Å². The molecular weight excluding hydrogens is 288 g/mol. The molecule has 1 aromatic rings. The van der Waals surface area contributed by atoms with Crippen molar-refractivity contribution in [2.75, 3.05) is 24.6 Å². The molecule has 118 valence electrons. The van der Waals surface area contributed by atoms with Crippen molar-refractivity contribution in [2.24, 2.45) is 5.92 Å². The minimum absolute atomic E-state index is 0.116. The van der Waals surface area contributed by atoms with E-state index in [1.54, 1.807) is 12.1 Å². The van der Waals surface area contributed by atoms with Crippen LogP contribution in [0.5, 0.6) is 0 Å². The van der Waals surface area contributed by atoms with E-state index in [4.69, 9.17) is 0 Å². The lowest BCUT2D eigenvalue weighted by atomic mass is 10.0. The summed E-state index contributed by atoms with van der Waals surface area (Å²) in [6, 6.07) is 7.02. The van der Waals surface area contributed by atoms with Crippen molar-refractivity contribution >= 4 is 15.7 Å². The first kappa shape index (κ1) is 16.3. The van der Waals surface area contributed by atoms with Crippen molar-refractivity contribution in [3.8, 4) is 0 Å². The van der Waals surface area contributed by atoms with Crippen LogP contribution in [0.15, 0.2) is 29.2 Å². The van der Waals surface area contributed by atoms with Gasteiger partial charge in [-0.15, -0.1) is 0 Å². The molecule has 1 heterocycles. The Balaban J connectivity index is 2.16.